The molecule has 220 valence electrons. The fourth-order valence-corrected chi connectivity index (χ4v) is 6.18. The number of ether oxygens (including phenoxy) is 3. The third kappa shape index (κ3) is 6.64. The van der Waals surface area contributed by atoms with E-state index in [9.17, 15) is 13.2 Å². The molecule has 10 nitrogen and oxygen atoms in total. The molecule has 1 aliphatic rings. The van der Waals surface area contributed by atoms with Crippen molar-refractivity contribution in [2.24, 2.45) is 0 Å². The first kappa shape index (κ1) is 29.3. The average Bonchev–Trinajstić information content (AvgIpc) is 3.67. The Morgan fingerprint density at radius 3 is 2.24 bits per heavy atom. The number of aryl methyl sites for hydroxylation is 1. The highest BCUT2D eigenvalue weighted by molar-refractivity contribution is 7.89. The van der Waals surface area contributed by atoms with Crippen LogP contribution in [0.3, 0.4) is 0 Å². The van der Waals surface area contributed by atoms with E-state index in [1.165, 1.54) is 4.31 Å². The molecule has 11 heteroatoms. The lowest BCUT2D eigenvalue weighted by atomic mass is 10.1. The van der Waals surface area contributed by atoms with Crippen LogP contribution < -0.4 is 14.8 Å². The highest BCUT2D eigenvalue weighted by Gasteiger charge is 2.31. The van der Waals surface area contributed by atoms with Gasteiger partial charge in [0.1, 0.15) is 11.5 Å². The van der Waals surface area contributed by atoms with E-state index < -0.39 is 22.5 Å². The number of hydrogen-bond acceptors (Lipinski definition) is 7. The third-order valence-corrected chi connectivity index (χ3v) is 8.93. The van der Waals surface area contributed by atoms with Crippen LogP contribution in [0.25, 0.3) is 16.9 Å². The van der Waals surface area contributed by atoms with Gasteiger partial charge >= 0.3 is 0 Å². The summed E-state index contributed by atoms with van der Waals surface area (Å²) in [6.45, 7) is 2.14. The molecule has 5 rings (SSSR count). The largest absolute Gasteiger partial charge is 0.497 e. The van der Waals surface area contributed by atoms with Gasteiger partial charge in [-0.15, -0.1) is 0 Å². The summed E-state index contributed by atoms with van der Waals surface area (Å²) in [5.74, 6) is 1.13. The number of imidazole rings is 1. The molecular formula is C31H34N4O6S. The molecule has 1 amide bonds. The topological polar surface area (TPSA) is 112 Å². The molecule has 1 saturated heterocycles. The Balaban J connectivity index is 1.44. The summed E-state index contributed by atoms with van der Waals surface area (Å²) < 4.78 is 46.5. The molecule has 0 radical (unpaired) electrons. The number of nitrogens with one attached hydrogen (secondary N) is 1. The Kier molecular flexibility index (Phi) is 8.91. The van der Waals surface area contributed by atoms with Crippen molar-refractivity contribution in [3.63, 3.8) is 0 Å². The van der Waals surface area contributed by atoms with Crippen molar-refractivity contribution in [2.45, 2.75) is 30.8 Å². The van der Waals surface area contributed by atoms with Gasteiger partial charge in [-0.3, -0.25) is 14.7 Å². The number of amides is 1. The van der Waals surface area contributed by atoms with Crippen LogP contribution in [0, 0.1) is 6.92 Å². The molecule has 3 aromatic carbocycles. The number of nitrogens with zero attached hydrogens (tertiary/aromatic N) is 3. The smallest absolute Gasteiger partial charge is 0.243 e. The summed E-state index contributed by atoms with van der Waals surface area (Å²) in [5, 5.41) is 2.85. The number of benzene rings is 3. The fraction of sp³-hybridized carbons (Fsp3) is 0.290. The summed E-state index contributed by atoms with van der Waals surface area (Å²) in [7, 11) is -0.778. The van der Waals surface area contributed by atoms with Crippen LogP contribution in [0.1, 0.15) is 18.4 Å². The van der Waals surface area contributed by atoms with Crippen LogP contribution in [-0.2, 0) is 19.6 Å². The molecule has 42 heavy (non-hydrogen) atoms. The van der Waals surface area contributed by atoms with Crippen LogP contribution in [0.15, 0.2) is 83.9 Å². The molecule has 4 aromatic rings. The molecule has 1 aromatic heterocycles. The van der Waals surface area contributed by atoms with Gasteiger partial charge in [-0.2, -0.15) is 4.31 Å². The van der Waals surface area contributed by atoms with E-state index in [0.717, 1.165) is 29.7 Å². The maximum absolute atomic E-state index is 13.7. The lowest BCUT2D eigenvalue weighted by molar-refractivity contribution is -0.116. The van der Waals surface area contributed by atoms with E-state index in [-0.39, 0.29) is 23.5 Å². The Labute approximate surface area is 245 Å². The second-order valence-electron chi connectivity index (χ2n) is 10.0. The number of aromatic nitrogens is 2. The molecule has 0 aliphatic carbocycles. The number of anilines is 1. The number of sulfonamides is 1. The van der Waals surface area contributed by atoms with Crippen LogP contribution in [0.2, 0.25) is 0 Å². The van der Waals surface area contributed by atoms with Gasteiger partial charge in [0, 0.05) is 30.6 Å². The van der Waals surface area contributed by atoms with E-state index in [1.54, 1.807) is 43.1 Å². The lowest BCUT2D eigenvalue weighted by Crippen LogP contribution is -2.42. The Bertz CT molecular complexity index is 1610. The van der Waals surface area contributed by atoms with E-state index in [1.807, 2.05) is 61.7 Å². The lowest BCUT2D eigenvalue weighted by Gasteiger charge is -2.24. The molecule has 1 N–H and O–H groups in total. The standard InChI is InChI=1S/C31H34N4O6S/c1-22-6-16-28(17-7-22)42(37,38)34(19-27-5-4-18-41-27)21-30(36)33-31-32-29(23-8-12-25(39-2)13-9-23)20-35(31)24-10-14-26(40-3)15-11-24/h6-17,20,27H,4-5,18-19,21H2,1-3H3,(H,32,33,36)/t27-/m0/s1. The van der Waals surface area contributed by atoms with Crippen molar-refractivity contribution in [1.82, 2.24) is 13.9 Å². The number of rotatable bonds is 11. The Morgan fingerprint density at radius 1 is 1.00 bits per heavy atom. The summed E-state index contributed by atoms with van der Waals surface area (Å²) >= 11 is 0. The van der Waals surface area contributed by atoms with Gasteiger partial charge in [-0.05, 0) is 80.4 Å². The highest BCUT2D eigenvalue weighted by Crippen LogP contribution is 2.27. The molecule has 1 aliphatic heterocycles. The molecule has 2 heterocycles. The fourth-order valence-electron chi connectivity index (χ4n) is 4.76. The van der Waals surface area contributed by atoms with Crippen LogP contribution in [0.5, 0.6) is 11.5 Å². The van der Waals surface area contributed by atoms with Crippen molar-refractivity contribution in [3.05, 3.63) is 84.6 Å². The van der Waals surface area contributed by atoms with Crippen LogP contribution in [0.4, 0.5) is 5.95 Å². The second-order valence-corrected chi connectivity index (χ2v) is 12.0. The summed E-state index contributed by atoms with van der Waals surface area (Å²) in [5.41, 5.74) is 3.12. The van der Waals surface area contributed by atoms with Gasteiger partial charge < -0.3 is 14.2 Å². The van der Waals surface area contributed by atoms with Gasteiger partial charge in [-0.25, -0.2) is 13.4 Å². The summed E-state index contributed by atoms with van der Waals surface area (Å²) in [6.07, 6.45) is 3.12. The first-order valence-corrected chi connectivity index (χ1v) is 15.1. The van der Waals surface area contributed by atoms with Crippen molar-refractivity contribution in [2.75, 3.05) is 39.2 Å². The average molecular weight is 591 g/mol. The normalized spacial score (nSPS) is 15.1. The molecule has 1 atom stereocenters. The van der Waals surface area contributed by atoms with Crippen molar-refractivity contribution in [1.29, 1.82) is 0 Å². The van der Waals surface area contributed by atoms with Gasteiger partial charge in [-0.1, -0.05) is 17.7 Å². The zero-order valence-corrected chi connectivity index (χ0v) is 24.6. The van der Waals surface area contributed by atoms with Crippen LogP contribution in [-0.4, -0.2) is 68.2 Å². The van der Waals surface area contributed by atoms with E-state index in [0.29, 0.717) is 23.8 Å². The molecule has 0 bridgehead atoms. The zero-order valence-electron chi connectivity index (χ0n) is 23.8. The zero-order chi connectivity index (χ0) is 29.7. The predicted molar refractivity (Wildman–Crippen MR) is 160 cm³/mol. The maximum atomic E-state index is 13.7. The first-order chi connectivity index (χ1) is 20.3. The minimum Gasteiger partial charge on any atom is -0.497 e. The molecule has 1 fully saturated rings. The second kappa shape index (κ2) is 12.8. The molecule has 0 saturated carbocycles. The SMILES string of the molecule is COc1ccc(-c2cn(-c3ccc(OC)cc3)c(NC(=O)CN(C[C@@H]3CCCO3)S(=O)(=O)c3ccc(C)cc3)n2)cc1. The van der Waals surface area contributed by atoms with Gasteiger partial charge in [0.25, 0.3) is 0 Å². The van der Waals surface area contributed by atoms with Gasteiger partial charge in [0.2, 0.25) is 21.9 Å². The van der Waals surface area contributed by atoms with E-state index >= 15 is 0 Å². The minimum atomic E-state index is -3.97. The molecule has 0 unspecified atom stereocenters. The monoisotopic (exact) mass is 590 g/mol. The van der Waals surface area contributed by atoms with Gasteiger partial charge in [0.15, 0.2) is 0 Å². The summed E-state index contributed by atoms with van der Waals surface area (Å²) in [4.78, 5) is 18.3. The number of methoxy groups -OCH3 is 2. The molecule has 0 spiro atoms. The maximum Gasteiger partial charge on any atom is 0.243 e. The predicted octanol–water partition coefficient (Wildman–Crippen LogP) is 4.67. The minimum absolute atomic E-state index is 0.0770. The quantitative estimate of drug-likeness (QED) is 0.270. The first-order valence-electron chi connectivity index (χ1n) is 13.6. The third-order valence-electron chi connectivity index (χ3n) is 7.10. The van der Waals surface area contributed by atoms with Crippen molar-refractivity contribution in [3.8, 4) is 28.4 Å². The highest BCUT2D eigenvalue weighted by atomic mass is 32.2. The van der Waals surface area contributed by atoms with E-state index in [2.05, 4.69) is 5.32 Å². The van der Waals surface area contributed by atoms with E-state index in [4.69, 9.17) is 19.2 Å². The Morgan fingerprint density at radius 2 is 1.64 bits per heavy atom. The van der Waals surface area contributed by atoms with Crippen LogP contribution >= 0.6 is 0 Å². The molecular weight excluding hydrogens is 556 g/mol. The summed E-state index contributed by atoms with van der Waals surface area (Å²) in [6, 6.07) is 21.3. The van der Waals surface area contributed by atoms with Gasteiger partial charge in [0.05, 0.1) is 37.5 Å². The number of hydrogen-bond donors (Lipinski definition) is 1. The number of carbonyl (C=O) groups is 1. The Hall–Kier alpha value is -4.19. The van der Waals surface area contributed by atoms with Crippen molar-refractivity contribution < 1.29 is 27.4 Å². The van der Waals surface area contributed by atoms with Crippen molar-refractivity contribution >= 4 is 21.9 Å². The number of carbonyl (C=O) groups excluding carboxylic acids is 1.